The summed E-state index contributed by atoms with van der Waals surface area (Å²) < 4.78 is 26.6. The average molecular weight is 391 g/mol. The molecule has 6 nitrogen and oxygen atoms in total. The Kier molecular flexibility index (Phi) is 5.46. The number of rotatable bonds is 4. The molecule has 2 atom stereocenters. The summed E-state index contributed by atoms with van der Waals surface area (Å²) in [7, 11) is 0. The summed E-state index contributed by atoms with van der Waals surface area (Å²) in [6.07, 6.45) is 2.04. The van der Waals surface area contributed by atoms with Crippen LogP contribution >= 0.6 is 11.3 Å². The van der Waals surface area contributed by atoms with E-state index in [9.17, 15) is 23.6 Å². The van der Waals surface area contributed by atoms with Crippen LogP contribution in [0.1, 0.15) is 30.6 Å². The first-order chi connectivity index (χ1) is 12.9. The largest absolute Gasteiger partial charge is 0.481 e. The molecule has 1 fully saturated rings. The zero-order chi connectivity index (χ0) is 19.6. The van der Waals surface area contributed by atoms with E-state index in [1.807, 2.05) is 6.07 Å². The van der Waals surface area contributed by atoms with E-state index in [2.05, 4.69) is 10.3 Å². The van der Waals surface area contributed by atoms with Crippen LogP contribution in [0.3, 0.4) is 0 Å². The van der Waals surface area contributed by atoms with E-state index in [1.54, 1.807) is 0 Å². The first-order valence-corrected chi connectivity index (χ1v) is 9.10. The van der Waals surface area contributed by atoms with Crippen molar-refractivity contribution in [1.29, 1.82) is 5.26 Å². The number of aliphatic carboxylic acids is 1. The van der Waals surface area contributed by atoms with Gasteiger partial charge in [0, 0.05) is 11.5 Å². The van der Waals surface area contributed by atoms with Crippen molar-refractivity contribution in [3.05, 3.63) is 34.7 Å². The van der Waals surface area contributed by atoms with Gasteiger partial charge in [-0.05, 0) is 37.5 Å². The molecule has 2 aromatic rings. The number of carbonyl (C=O) groups excluding carboxylic acids is 1. The molecular weight excluding hydrogens is 376 g/mol. The number of carbonyl (C=O) groups is 2. The Morgan fingerprint density at radius 1 is 1.26 bits per heavy atom. The number of benzene rings is 1. The van der Waals surface area contributed by atoms with Gasteiger partial charge in [-0.3, -0.25) is 9.59 Å². The van der Waals surface area contributed by atoms with Gasteiger partial charge < -0.3 is 10.4 Å². The SMILES string of the molecule is N#Cc1sc(NC(=O)[C@@H]2CCC[C@H](C(=O)O)C2)nc1-c1ccc(F)c(F)c1. The van der Waals surface area contributed by atoms with Gasteiger partial charge in [-0.25, -0.2) is 13.8 Å². The summed E-state index contributed by atoms with van der Waals surface area (Å²) in [6.45, 7) is 0. The van der Waals surface area contributed by atoms with Crippen LogP contribution in [0.15, 0.2) is 18.2 Å². The van der Waals surface area contributed by atoms with Gasteiger partial charge in [-0.2, -0.15) is 5.26 Å². The van der Waals surface area contributed by atoms with Gasteiger partial charge in [-0.15, -0.1) is 0 Å². The third-order valence-electron chi connectivity index (χ3n) is 4.55. The Morgan fingerprint density at radius 3 is 2.67 bits per heavy atom. The highest BCUT2D eigenvalue weighted by molar-refractivity contribution is 7.16. The van der Waals surface area contributed by atoms with Crippen molar-refractivity contribution >= 4 is 28.3 Å². The highest BCUT2D eigenvalue weighted by Gasteiger charge is 2.31. The van der Waals surface area contributed by atoms with Gasteiger partial charge in [0.15, 0.2) is 16.8 Å². The van der Waals surface area contributed by atoms with Crippen molar-refractivity contribution in [3.8, 4) is 17.3 Å². The molecule has 1 saturated carbocycles. The predicted octanol–water partition coefficient (Wildman–Crippen LogP) is 3.79. The second kappa shape index (κ2) is 7.80. The van der Waals surface area contributed by atoms with E-state index >= 15 is 0 Å². The summed E-state index contributed by atoms with van der Waals surface area (Å²) >= 11 is 0.927. The van der Waals surface area contributed by atoms with Gasteiger partial charge >= 0.3 is 5.97 Å². The quantitative estimate of drug-likeness (QED) is 0.825. The van der Waals surface area contributed by atoms with Gasteiger partial charge in [0.2, 0.25) is 5.91 Å². The van der Waals surface area contributed by atoms with Crippen molar-refractivity contribution < 1.29 is 23.5 Å². The van der Waals surface area contributed by atoms with E-state index in [1.165, 1.54) is 6.07 Å². The van der Waals surface area contributed by atoms with Crippen molar-refractivity contribution in [2.45, 2.75) is 25.7 Å². The smallest absolute Gasteiger partial charge is 0.306 e. The number of carboxylic acids is 1. The molecule has 1 heterocycles. The minimum absolute atomic E-state index is 0.156. The van der Waals surface area contributed by atoms with Crippen molar-refractivity contribution in [1.82, 2.24) is 4.98 Å². The molecule has 1 aromatic heterocycles. The van der Waals surface area contributed by atoms with E-state index in [0.717, 1.165) is 23.5 Å². The third kappa shape index (κ3) is 4.11. The molecule has 9 heteroatoms. The molecule has 140 valence electrons. The monoisotopic (exact) mass is 391 g/mol. The normalized spacial score (nSPS) is 19.3. The van der Waals surface area contributed by atoms with Crippen LogP contribution in [-0.2, 0) is 9.59 Å². The number of nitriles is 1. The van der Waals surface area contributed by atoms with Crippen molar-refractivity contribution in [2.24, 2.45) is 11.8 Å². The Labute approximate surface area is 157 Å². The van der Waals surface area contributed by atoms with Crippen LogP contribution in [-0.4, -0.2) is 22.0 Å². The minimum Gasteiger partial charge on any atom is -0.481 e. The summed E-state index contributed by atoms with van der Waals surface area (Å²) in [5.41, 5.74) is 0.384. The average Bonchev–Trinajstić information content (AvgIpc) is 3.06. The fourth-order valence-electron chi connectivity index (χ4n) is 3.15. The molecule has 27 heavy (non-hydrogen) atoms. The maximum atomic E-state index is 13.5. The van der Waals surface area contributed by atoms with Crippen LogP contribution in [0.5, 0.6) is 0 Å². The molecule has 0 saturated heterocycles. The Hall–Kier alpha value is -2.86. The molecule has 1 aliphatic rings. The van der Waals surface area contributed by atoms with Gasteiger partial charge in [0.05, 0.1) is 5.92 Å². The molecule has 0 spiro atoms. The third-order valence-corrected chi connectivity index (χ3v) is 5.42. The van der Waals surface area contributed by atoms with E-state index in [0.29, 0.717) is 19.3 Å². The van der Waals surface area contributed by atoms with Crippen LogP contribution in [0.25, 0.3) is 11.3 Å². The molecule has 1 aromatic carbocycles. The van der Waals surface area contributed by atoms with Crippen LogP contribution in [0.4, 0.5) is 13.9 Å². The minimum atomic E-state index is -1.06. The number of carboxylic acid groups (broad SMARTS) is 1. The number of hydrogen-bond donors (Lipinski definition) is 2. The number of nitrogens with one attached hydrogen (secondary N) is 1. The first kappa shape index (κ1) is 18.9. The number of amides is 1. The number of nitrogens with zero attached hydrogens (tertiary/aromatic N) is 2. The fraction of sp³-hybridized carbons (Fsp3) is 0.333. The lowest BCUT2D eigenvalue weighted by molar-refractivity contribution is -0.143. The zero-order valence-corrected chi connectivity index (χ0v) is 14.9. The van der Waals surface area contributed by atoms with Crippen LogP contribution in [0, 0.1) is 34.8 Å². The zero-order valence-electron chi connectivity index (χ0n) is 14.0. The molecule has 0 radical (unpaired) electrons. The van der Waals surface area contributed by atoms with Crippen molar-refractivity contribution in [2.75, 3.05) is 5.32 Å². The summed E-state index contributed by atoms with van der Waals surface area (Å²) in [5, 5.41) is 21.2. The van der Waals surface area contributed by atoms with Gasteiger partial charge in [-0.1, -0.05) is 17.8 Å². The first-order valence-electron chi connectivity index (χ1n) is 8.29. The Bertz CT molecular complexity index is 938. The fourth-order valence-corrected chi connectivity index (χ4v) is 3.94. The predicted molar refractivity (Wildman–Crippen MR) is 93.9 cm³/mol. The number of anilines is 1. The lowest BCUT2D eigenvalue weighted by atomic mass is 9.81. The lowest BCUT2D eigenvalue weighted by Gasteiger charge is -2.25. The molecule has 2 N–H and O–H groups in total. The standard InChI is InChI=1S/C18H15F2N3O3S/c19-12-5-4-9(7-13(12)20)15-14(8-21)27-18(22-15)23-16(24)10-2-1-3-11(6-10)17(25)26/h4-5,7,10-11H,1-3,6H2,(H,25,26)(H,22,23,24)/t10-,11+/m1/s1. The van der Waals surface area contributed by atoms with Crippen LogP contribution < -0.4 is 5.32 Å². The molecule has 3 rings (SSSR count). The maximum Gasteiger partial charge on any atom is 0.306 e. The lowest BCUT2D eigenvalue weighted by Crippen LogP contribution is -2.30. The number of halogens is 2. The van der Waals surface area contributed by atoms with E-state index < -0.39 is 29.4 Å². The topological polar surface area (TPSA) is 103 Å². The molecule has 1 aliphatic carbocycles. The Balaban J connectivity index is 1.79. The highest BCUT2D eigenvalue weighted by Crippen LogP contribution is 2.33. The summed E-state index contributed by atoms with van der Waals surface area (Å²) in [5.74, 6) is -4.31. The summed E-state index contributed by atoms with van der Waals surface area (Å²) in [6, 6.07) is 5.12. The molecule has 0 aliphatic heterocycles. The molecule has 0 bridgehead atoms. The number of thiazole rings is 1. The highest BCUT2D eigenvalue weighted by atomic mass is 32.1. The van der Waals surface area contributed by atoms with Crippen LogP contribution in [0.2, 0.25) is 0 Å². The number of hydrogen-bond acceptors (Lipinski definition) is 5. The number of aromatic nitrogens is 1. The van der Waals surface area contributed by atoms with Crippen molar-refractivity contribution in [3.63, 3.8) is 0 Å². The Morgan fingerprint density at radius 2 is 2.00 bits per heavy atom. The second-order valence-electron chi connectivity index (χ2n) is 6.33. The van der Waals surface area contributed by atoms with E-state index in [-0.39, 0.29) is 33.6 Å². The molecule has 0 unspecified atom stereocenters. The van der Waals surface area contributed by atoms with Gasteiger partial charge in [0.25, 0.3) is 0 Å². The van der Waals surface area contributed by atoms with Gasteiger partial charge in [0.1, 0.15) is 16.6 Å². The summed E-state index contributed by atoms with van der Waals surface area (Å²) in [4.78, 5) is 27.9. The molecular formula is C18H15F2N3O3S. The van der Waals surface area contributed by atoms with E-state index in [4.69, 9.17) is 5.11 Å². The second-order valence-corrected chi connectivity index (χ2v) is 7.32. The molecule has 1 amide bonds. The maximum absolute atomic E-state index is 13.5.